The predicted molar refractivity (Wildman–Crippen MR) is 117 cm³/mol. The molecule has 4 aromatic rings. The summed E-state index contributed by atoms with van der Waals surface area (Å²) in [6.45, 7) is 7.44. The molecule has 30 heavy (non-hydrogen) atoms. The summed E-state index contributed by atoms with van der Waals surface area (Å²) in [4.78, 5) is 25.5. The lowest BCUT2D eigenvalue weighted by Crippen LogP contribution is -2.30. The average molecular weight is 401 g/mol. The number of benzene rings is 2. The number of carbonyl (C=O) groups excluding carboxylic acids is 1. The van der Waals surface area contributed by atoms with Crippen molar-refractivity contribution in [2.24, 2.45) is 0 Å². The third kappa shape index (κ3) is 3.50. The monoisotopic (exact) mass is 401 g/mol. The molecule has 0 atom stereocenters. The van der Waals surface area contributed by atoms with Crippen molar-refractivity contribution in [3.8, 4) is 5.69 Å². The number of amides is 1. The van der Waals surface area contributed by atoms with Gasteiger partial charge in [-0.15, -0.1) is 0 Å². The van der Waals surface area contributed by atoms with Crippen molar-refractivity contribution in [3.63, 3.8) is 0 Å². The molecule has 0 saturated carbocycles. The van der Waals surface area contributed by atoms with Crippen LogP contribution in [0.1, 0.15) is 22.6 Å². The fourth-order valence-electron chi connectivity index (χ4n) is 3.59. The van der Waals surface area contributed by atoms with Crippen LogP contribution in [0.25, 0.3) is 16.5 Å². The molecule has 0 aliphatic carbocycles. The van der Waals surface area contributed by atoms with Crippen LogP contribution < -0.4 is 10.9 Å². The van der Waals surface area contributed by atoms with Gasteiger partial charge < -0.3 is 5.32 Å². The van der Waals surface area contributed by atoms with E-state index in [1.54, 1.807) is 16.8 Å². The highest BCUT2D eigenvalue weighted by Gasteiger charge is 2.17. The topological polar surface area (TPSA) is 81.8 Å². The lowest BCUT2D eigenvalue weighted by atomic mass is 10.1. The summed E-state index contributed by atoms with van der Waals surface area (Å²) in [7, 11) is 0. The molecule has 2 aromatic heterocycles. The smallest absolute Gasteiger partial charge is 0.275 e. The van der Waals surface area contributed by atoms with Gasteiger partial charge in [0.25, 0.3) is 5.56 Å². The Balaban J connectivity index is 1.61. The Morgan fingerprint density at radius 1 is 0.900 bits per heavy atom. The normalized spacial score (nSPS) is 11.1. The SMILES string of the molecule is Cc1ccc(-n2nc(C)c(NC(=O)Cn3nc(C)c4ccccc4c3=O)c2C)cc1. The maximum absolute atomic E-state index is 12.7. The van der Waals surface area contributed by atoms with Gasteiger partial charge in [-0.05, 0) is 45.9 Å². The van der Waals surface area contributed by atoms with Crippen LogP contribution >= 0.6 is 0 Å². The third-order valence-electron chi connectivity index (χ3n) is 5.18. The Morgan fingerprint density at radius 3 is 2.27 bits per heavy atom. The summed E-state index contributed by atoms with van der Waals surface area (Å²) in [5, 5.41) is 13.1. The molecule has 1 amide bonds. The van der Waals surface area contributed by atoms with Gasteiger partial charge in [-0.1, -0.05) is 35.9 Å². The Hall–Kier alpha value is -3.74. The fourth-order valence-corrected chi connectivity index (χ4v) is 3.59. The second-order valence-corrected chi connectivity index (χ2v) is 7.44. The molecule has 4 rings (SSSR count). The number of hydrogen-bond acceptors (Lipinski definition) is 4. The zero-order valence-electron chi connectivity index (χ0n) is 17.4. The Morgan fingerprint density at radius 2 is 1.57 bits per heavy atom. The minimum atomic E-state index is -0.325. The van der Waals surface area contributed by atoms with Gasteiger partial charge in [-0.25, -0.2) is 9.36 Å². The number of rotatable bonds is 4. The van der Waals surface area contributed by atoms with Crippen LogP contribution in [-0.4, -0.2) is 25.5 Å². The van der Waals surface area contributed by atoms with E-state index in [2.05, 4.69) is 15.5 Å². The summed E-state index contributed by atoms with van der Waals surface area (Å²) in [5.41, 5.74) is 4.68. The summed E-state index contributed by atoms with van der Waals surface area (Å²) >= 11 is 0. The highest BCUT2D eigenvalue weighted by Crippen LogP contribution is 2.23. The van der Waals surface area contributed by atoms with Gasteiger partial charge in [0.1, 0.15) is 6.54 Å². The molecule has 0 aliphatic heterocycles. The van der Waals surface area contributed by atoms with Crippen LogP contribution in [0.2, 0.25) is 0 Å². The van der Waals surface area contributed by atoms with Crippen LogP contribution in [0.15, 0.2) is 53.3 Å². The standard InChI is InChI=1S/C23H23N5O2/c1-14-9-11-18(12-10-14)28-17(4)22(16(3)26-28)24-21(29)13-27-23(30)20-8-6-5-7-19(20)15(2)25-27/h5-12H,13H2,1-4H3,(H,24,29). The summed E-state index contributed by atoms with van der Waals surface area (Å²) in [6, 6.07) is 15.3. The first kappa shape index (κ1) is 19.6. The van der Waals surface area contributed by atoms with Crippen molar-refractivity contribution in [1.29, 1.82) is 0 Å². The van der Waals surface area contributed by atoms with Crippen molar-refractivity contribution < 1.29 is 4.79 Å². The number of aromatic nitrogens is 4. The van der Waals surface area contributed by atoms with E-state index < -0.39 is 0 Å². The van der Waals surface area contributed by atoms with Crippen molar-refractivity contribution in [2.45, 2.75) is 34.2 Å². The molecule has 0 spiro atoms. The summed E-state index contributed by atoms with van der Waals surface area (Å²) in [5.74, 6) is -0.325. The van der Waals surface area contributed by atoms with E-state index in [9.17, 15) is 9.59 Å². The largest absolute Gasteiger partial charge is 0.321 e. The minimum absolute atomic E-state index is 0.168. The van der Waals surface area contributed by atoms with Crippen LogP contribution in [-0.2, 0) is 11.3 Å². The molecule has 0 saturated heterocycles. The molecule has 0 radical (unpaired) electrons. The zero-order valence-corrected chi connectivity index (χ0v) is 17.4. The second kappa shape index (κ2) is 7.59. The Kier molecular flexibility index (Phi) is 4.95. The number of hydrogen-bond donors (Lipinski definition) is 1. The van der Waals surface area contributed by atoms with Gasteiger partial charge >= 0.3 is 0 Å². The first-order chi connectivity index (χ1) is 14.3. The van der Waals surface area contributed by atoms with E-state index in [0.717, 1.165) is 22.3 Å². The first-order valence-corrected chi connectivity index (χ1v) is 9.74. The van der Waals surface area contributed by atoms with E-state index in [4.69, 9.17) is 0 Å². The van der Waals surface area contributed by atoms with Crippen molar-refractivity contribution in [1.82, 2.24) is 19.6 Å². The maximum atomic E-state index is 12.7. The van der Waals surface area contributed by atoms with Gasteiger partial charge in [-0.3, -0.25) is 9.59 Å². The van der Waals surface area contributed by atoms with Crippen LogP contribution in [0, 0.1) is 27.7 Å². The van der Waals surface area contributed by atoms with E-state index in [0.29, 0.717) is 22.5 Å². The van der Waals surface area contributed by atoms with E-state index in [1.165, 1.54) is 4.68 Å². The molecule has 1 N–H and O–H groups in total. The zero-order chi connectivity index (χ0) is 21.4. The molecular formula is C23H23N5O2. The Bertz CT molecular complexity index is 1320. The molecule has 7 heteroatoms. The Labute approximate surface area is 174 Å². The van der Waals surface area contributed by atoms with E-state index in [-0.39, 0.29) is 18.0 Å². The molecule has 0 unspecified atom stereocenters. The van der Waals surface area contributed by atoms with E-state index >= 15 is 0 Å². The lowest BCUT2D eigenvalue weighted by molar-refractivity contribution is -0.117. The van der Waals surface area contributed by atoms with Gasteiger partial charge in [0.15, 0.2) is 0 Å². The predicted octanol–water partition coefficient (Wildman–Crippen LogP) is 3.45. The molecule has 2 heterocycles. The summed E-state index contributed by atoms with van der Waals surface area (Å²) in [6.07, 6.45) is 0. The van der Waals surface area contributed by atoms with Crippen molar-refractivity contribution >= 4 is 22.4 Å². The number of fused-ring (bicyclic) bond motifs is 1. The number of carbonyl (C=O) groups is 1. The number of nitrogens with one attached hydrogen (secondary N) is 1. The molecular weight excluding hydrogens is 378 g/mol. The van der Waals surface area contributed by atoms with Crippen LogP contribution in [0.4, 0.5) is 5.69 Å². The van der Waals surface area contributed by atoms with Gasteiger partial charge in [-0.2, -0.15) is 10.2 Å². The maximum Gasteiger partial charge on any atom is 0.275 e. The van der Waals surface area contributed by atoms with Crippen LogP contribution in [0.5, 0.6) is 0 Å². The minimum Gasteiger partial charge on any atom is -0.321 e. The number of nitrogens with zero attached hydrogens (tertiary/aromatic N) is 4. The fraction of sp³-hybridized carbons (Fsp3) is 0.217. The molecule has 0 aliphatic rings. The highest BCUT2D eigenvalue weighted by molar-refractivity contribution is 5.92. The first-order valence-electron chi connectivity index (χ1n) is 9.74. The van der Waals surface area contributed by atoms with Crippen LogP contribution in [0.3, 0.4) is 0 Å². The van der Waals surface area contributed by atoms with Gasteiger partial charge in [0.05, 0.1) is 33.8 Å². The molecule has 0 fully saturated rings. The molecule has 152 valence electrons. The van der Waals surface area contributed by atoms with Crippen molar-refractivity contribution in [2.75, 3.05) is 5.32 Å². The van der Waals surface area contributed by atoms with Gasteiger partial charge in [0.2, 0.25) is 5.91 Å². The number of anilines is 1. The summed E-state index contributed by atoms with van der Waals surface area (Å²) < 4.78 is 3.01. The average Bonchev–Trinajstić information content (AvgIpc) is 3.00. The quantitative estimate of drug-likeness (QED) is 0.568. The van der Waals surface area contributed by atoms with Gasteiger partial charge in [0, 0.05) is 5.39 Å². The molecule has 2 aromatic carbocycles. The van der Waals surface area contributed by atoms with E-state index in [1.807, 2.05) is 64.1 Å². The number of aryl methyl sites for hydroxylation is 3. The van der Waals surface area contributed by atoms with Crippen molar-refractivity contribution in [3.05, 3.63) is 81.5 Å². The second-order valence-electron chi connectivity index (χ2n) is 7.44. The highest BCUT2D eigenvalue weighted by atomic mass is 16.2. The lowest BCUT2D eigenvalue weighted by Gasteiger charge is -2.10. The molecule has 7 nitrogen and oxygen atoms in total. The molecule has 0 bridgehead atoms. The third-order valence-corrected chi connectivity index (χ3v) is 5.18.